The Morgan fingerprint density at radius 3 is 2.67 bits per heavy atom. The Labute approximate surface area is 193 Å². The van der Waals surface area contributed by atoms with Gasteiger partial charge in [-0.25, -0.2) is 0 Å². The van der Waals surface area contributed by atoms with E-state index in [4.69, 9.17) is 14.2 Å². The first-order valence-electron chi connectivity index (χ1n) is 11.2. The maximum absolute atomic E-state index is 13.0. The van der Waals surface area contributed by atoms with E-state index < -0.39 is 6.04 Å². The summed E-state index contributed by atoms with van der Waals surface area (Å²) in [6.07, 6.45) is 0.876. The fourth-order valence-corrected chi connectivity index (χ4v) is 4.01. The first-order chi connectivity index (χ1) is 16.0. The van der Waals surface area contributed by atoms with Gasteiger partial charge in [-0.1, -0.05) is 19.1 Å². The molecule has 1 unspecified atom stereocenters. The van der Waals surface area contributed by atoms with Gasteiger partial charge in [0.15, 0.2) is 19.0 Å². The monoisotopic (exact) mass is 452 g/mol. The van der Waals surface area contributed by atoms with Crippen LogP contribution in [0.5, 0.6) is 11.5 Å². The van der Waals surface area contributed by atoms with E-state index in [0.717, 1.165) is 12.0 Å². The Hall–Kier alpha value is -3.39. The third-order valence-corrected chi connectivity index (χ3v) is 5.90. The van der Waals surface area contributed by atoms with Crippen LogP contribution in [0.2, 0.25) is 0 Å². The van der Waals surface area contributed by atoms with Gasteiger partial charge in [-0.3, -0.25) is 19.3 Å². The van der Waals surface area contributed by atoms with Crippen LogP contribution in [0.3, 0.4) is 0 Å². The summed E-state index contributed by atoms with van der Waals surface area (Å²) in [7, 11) is 0. The quantitative estimate of drug-likeness (QED) is 0.600. The standard InChI is InChI=1S/C25H28N2O6/c1-3-18-5-4-6-20(13-18)32-15-22(28)19-7-8-23-21(14-19)27(24(29)16-33-23)17(2)25(30)26-9-11-31-12-10-26/h4-8,13-14,17H,3,9-12,15-16H2,1-2H3. The second-order valence-electron chi connectivity index (χ2n) is 8.06. The van der Waals surface area contributed by atoms with Gasteiger partial charge in [0.2, 0.25) is 5.91 Å². The lowest BCUT2D eigenvalue weighted by Crippen LogP contribution is -2.54. The average Bonchev–Trinajstić information content (AvgIpc) is 2.86. The molecule has 8 heteroatoms. The predicted octanol–water partition coefficient (Wildman–Crippen LogP) is 2.48. The Morgan fingerprint density at radius 1 is 1.12 bits per heavy atom. The summed E-state index contributed by atoms with van der Waals surface area (Å²) in [5.74, 6) is 0.379. The number of benzene rings is 2. The molecule has 0 N–H and O–H groups in total. The number of anilines is 1. The van der Waals surface area contributed by atoms with Crippen LogP contribution in [0.4, 0.5) is 5.69 Å². The van der Waals surface area contributed by atoms with Gasteiger partial charge in [-0.05, 0) is 49.2 Å². The number of ketones is 1. The zero-order valence-corrected chi connectivity index (χ0v) is 18.9. The third kappa shape index (κ3) is 5.01. The highest BCUT2D eigenvalue weighted by atomic mass is 16.5. The van der Waals surface area contributed by atoms with Crippen molar-refractivity contribution in [2.75, 3.05) is 44.4 Å². The summed E-state index contributed by atoms with van der Waals surface area (Å²) in [5, 5.41) is 0. The van der Waals surface area contributed by atoms with Crippen molar-refractivity contribution in [3.8, 4) is 11.5 Å². The molecule has 2 amide bonds. The number of amides is 2. The summed E-state index contributed by atoms with van der Waals surface area (Å²) >= 11 is 0. The Bertz CT molecular complexity index is 1050. The van der Waals surface area contributed by atoms with Crippen molar-refractivity contribution < 1.29 is 28.6 Å². The number of hydrogen-bond acceptors (Lipinski definition) is 6. The fraction of sp³-hybridized carbons (Fsp3) is 0.400. The van der Waals surface area contributed by atoms with E-state index in [2.05, 4.69) is 6.92 Å². The molecule has 0 radical (unpaired) electrons. The Morgan fingerprint density at radius 2 is 1.91 bits per heavy atom. The molecule has 0 aliphatic carbocycles. The van der Waals surface area contributed by atoms with Crippen molar-refractivity contribution in [2.24, 2.45) is 0 Å². The van der Waals surface area contributed by atoms with Gasteiger partial charge in [0.25, 0.3) is 5.91 Å². The van der Waals surface area contributed by atoms with Crippen LogP contribution in [0.25, 0.3) is 0 Å². The number of morpholine rings is 1. The number of carbonyl (C=O) groups excluding carboxylic acids is 3. The van der Waals surface area contributed by atoms with E-state index in [-0.39, 0.29) is 30.8 Å². The number of Topliss-reactive ketones (excluding diaryl/α,β-unsaturated/α-hetero) is 1. The zero-order valence-electron chi connectivity index (χ0n) is 18.9. The molecule has 1 fully saturated rings. The molecule has 1 atom stereocenters. The molecule has 2 aromatic carbocycles. The molecule has 33 heavy (non-hydrogen) atoms. The van der Waals surface area contributed by atoms with Crippen LogP contribution in [-0.2, 0) is 20.7 Å². The minimum absolute atomic E-state index is 0.136. The number of fused-ring (bicyclic) bond motifs is 1. The molecule has 2 aromatic rings. The van der Waals surface area contributed by atoms with E-state index in [9.17, 15) is 14.4 Å². The van der Waals surface area contributed by atoms with Crippen LogP contribution in [0.1, 0.15) is 29.8 Å². The first kappa shape index (κ1) is 22.8. The Balaban J connectivity index is 1.52. The Kier molecular flexibility index (Phi) is 6.93. The van der Waals surface area contributed by atoms with Gasteiger partial charge >= 0.3 is 0 Å². The lowest BCUT2D eigenvalue weighted by Gasteiger charge is -2.37. The fourth-order valence-electron chi connectivity index (χ4n) is 4.01. The number of nitrogens with zero attached hydrogens (tertiary/aromatic N) is 2. The summed E-state index contributed by atoms with van der Waals surface area (Å²) in [6.45, 7) is 5.40. The number of carbonyl (C=O) groups is 3. The molecule has 4 rings (SSSR count). The molecular formula is C25H28N2O6. The number of hydrogen-bond donors (Lipinski definition) is 0. The number of aryl methyl sites for hydroxylation is 1. The zero-order chi connectivity index (χ0) is 23.4. The van der Waals surface area contributed by atoms with Crippen molar-refractivity contribution >= 4 is 23.3 Å². The van der Waals surface area contributed by atoms with Crippen LogP contribution >= 0.6 is 0 Å². The van der Waals surface area contributed by atoms with Gasteiger partial charge in [0.1, 0.15) is 17.5 Å². The van der Waals surface area contributed by atoms with E-state index >= 15 is 0 Å². The first-order valence-corrected chi connectivity index (χ1v) is 11.2. The second kappa shape index (κ2) is 10.0. The third-order valence-electron chi connectivity index (χ3n) is 5.90. The lowest BCUT2D eigenvalue weighted by molar-refractivity contribution is -0.138. The molecule has 0 bridgehead atoms. The van der Waals surface area contributed by atoms with E-state index in [1.165, 1.54) is 4.90 Å². The SMILES string of the molecule is CCc1cccc(OCC(=O)c2ccc3c(c2)N(C(C)C(=O)N2CCOCC2)C(=O)CO3)c1. The van der Waals surface area contributed by atoms with Crippen LogP contribution in [0, 0.1) is 0 Å². The lowest BCUT2D eigenvalue weighted by atomic mass is 10.1. The molecule has 2 aliphatic heterocycles. The molecular weight excluding hydrogens is 424 g/mol. The summed E-state index contributed by atoms with van der Waals surface area (Å²) in [6, 6.07) is 11.8. The minimum atomic E-state index is -0.725. The molecule has 2 aliphatic rings. The summed E-state index contributed by atoms with van der Waals surface area (Å²) in [5.41, 5.74) is 1.92. The molecule has 0 aromatic heterocycles. The van der Waals surface area contributed by atoms with Crippen LogP contribution in [-0.4, -0.2) is 68.1 Å². The number of ether oxygens (including phenoxy) is 3. The van der Waals surface area contributed by atoms with Crippen molar-refractivity contribution in [1.29, 1.82) is 0 Å². The number of rotatable bonds is 7. The summed E-state index contributed by atoms with van der Waals surface area (Å²) < 4.78 is 16.6. The van der Waals surface area contributed by atoms with Gasteiger partial charge in [-0.15, -0.1) is 0 Å². The topological polar surface area (TPSA) is 85.4 Å². The van der Waals surface area contributed by atoms with Crippen molar-refractivity contribution in [1.82, 2.24) is 4.90 Å². The molecule has 8 nitrogen and oxygen atoms in total. The smallest absolute Gasteiger partial charge is 0.265 e. The normalized spacial score (nSPS) is 16.6. The largest absolute Gasteiger partial charge is 0.485 e. The highest BCUT2D eigenvalue weighted by Crippen LogP contribution is 2.35. The van der Waals surface area contributed by atoms with Crippen molar-refractivity contribution in [2.45, 2.75) is 26.3 Å². The van der Waals surface area contributed by atoms with Crippen molar-refractivity contribution in [3.63, 3.8) is 0 Å². The van der Waals surface area contributed by atoms with E-state index in [0.29, 0.717) is 49.1 Å². The molecule has 0 saturated carbocycles. The maximum atomic E-state index is 13.0. The average molecular weight is 453 g/mol. The van der Waals surface area contributed by atoms with Gasteiger partial charge < -0.3 is 19.1 Å². The highest BCUT2D eigenvalue weighted by molar-refractivity contribution is 6.05. The maximum Gasteiger partial charge on any atom is 0.265 e. The van der Waals surface area contributed by atoms with Gasteiger partial charge in [0.05, 0.1) is 18.9 Å². The highest BCUT2D eigenvalue weighted by Gasteiger charge is 2.36. The van der Waals surface area contributed by atoms with Crippen LogP contribution in [0.15, 0.2) is 42.5 Å². The van der Waals surface area contributed by atoms with Crippen molar-refractivity contribution in [3.05, 3.63) is 53.6 Å². The van der Waals surface area contributed by atoms with E-state index in [1.54, 1.807) is 30.0 Å². The van der Waals surface area contributed by atoms with E-state index in [1.807, 2.05) is 24.3 Å². The second-order valence-corrected chi connectivity index (χ2v) is 8.06. The molecule has 174 valence electrons. The molecule has 1 saturated heterocycles. The van der Waals surface area contributed by atoms with Gasteiger partial charge in [0, 0.05) is 18.7 Å². The molecule has 2 heterocycles. The van der Waals surface area contributed by atoms with Gasteiger partial charge in [-0.2, -0.15) is 0 Å². The summed E-state index contributed by atoms with van der Waals surface area (Å²) in [4.78, 5) is 41.7. The molecule has 0 spiro atoms. The predicted molar refractivity (Wildman–Crippen MR) is 122 cm³/mol. The van der Waals surface area contributed by atoms with Crippen LogP contribution < -0.4 is 14.4 Å². The minimum Gasteiger partial charge on any atom is -0.485 e.